The van der Waals surface area contributed by atoms with Crippen LogP contribution in [0.1, 0.15) is 94.9 Å². The van der Waals surface area contributed by atoms with Crippen molar-refractivity contribution < 1.29 is 4.42 Å². The lowest BCUT2D eigenvalue weighted by Crippen LogP contribution is -2.16. The molecule has 0 fully saturated rings. The maximum Gasteiger partial charge on any atom is 0.123 e. The normalized spacial score (nSPS) is 12.7. The van der Waals surface area contributed by atoms with Crippen LogP contribution in [0.2, 0.25) is 0 Å². The first kappa shape index (κ1) is 18.3. The first-order valence-corrected chi connectivity index (χ1v) is 9.00. The van der Waals surface area contributed by atoms with Gasteiger partial charge in [0.25, 0.3) is 0 Å². The van der Waals surface area contributed by atoms with Gasteiger partial charge >= 0.3 is 0 Å². The zero-order chi connectivity index (χ0) is 15.3. The highest BCUT2D eigenvalue weighted by Crippen LogP contribution is 2.23. The molecule has 0 aliphatic rings. The Hall–Kier alpha value is -0.760. The molecule has 1 aromatic heterocycles. The summed E-state index contributed by atoms with van der Waals surface area (Å²) in [6.07, 6.45) is 16.9. The van der Waals surface area contributed by atoms with Crippen molar-refractivity contribution in [2.45, 2.75) is 90.5 Å². The molecule has 0 aromatic carbocycles. The largest absolute Gasteiger partial charge is 0.467 e. The molecule has 0 spiro atoms. The number of rotatable bonds is 13. The molecule has 0 aliphatic heterocycles. The number of hydrogen-bond donors (Lipinski definition) is 1. The molecule has 1 atom stereocenters. The molecule has 0 amide bonds. The van der Waals surface area contributed by atoms with Crippen LogP contribution in [0.4, 0.5) is 0 Å². The van der Waals surface area contributed by atoms with Crippen LogP contribution in [0.15, 0.2) is 16.7 Å². The van der Waals surface area contributed by atoms with Crippen molar-refractivity contribution in [1.29, 1.82) is 0 Å². The van der Waals surface area contributed by atoms with Crippen LogP contribution >= 0.6 is 0 Å². The second-order valence-corrected chi connectivity index (χ2v) is 6.28. The predicted octanol–water partition coefficient (Wildman–Crippen LogP) is 6.16. The molecule has 0 saturated heterocycles. The molecule has 1 N–H and O–H groups in total. The minimum atomic E-state index is 0.383. The zero-order valence-corrected chi connectivity index (χ0v) is 14.4. The van der Waals surface area contributed by atoms with Gasteiger partial charge in [0.2, 0.25) is 0 Å². The van der Waals surface area contributed by atoms with Crippen molar-refractivity contribution in [3.63, 3.8) is 0 Å². The fourth-order valence-corrected chi connectivity index (χ4v) is 2.98. The molecule has 1 aromatic rings. The van der Waals surface area contributed by atoms with Gasteiger partial charge in [0.15, 0.2) is 0 Å². The van der Waals surface area contributed by atoms with Crippen molar-refractivity contribution >= 4 is 0 Å². The van der Waals surface area contributed by atoms with Gasteiger partial charge in [0.05, 0.1) is 12.3 Å². The number of aryl methyl sites for hydroxylation is 1. The maximum atomic E-state index is 5.60. The first-order chi connectivity index (χ1) is 10.3. The molecule has 2 heteroatoms. The number of unbranched alkanes of at least 4 members (excludes halogenated alkanes) is 9. The average Bonchev–Trinajstić information content (AvgIpc) is 2.91. The quantitative estimate of drug-likeness (QED) is 0.441. The SMILES string of the molecule is CCCCCCCCCCCCC(NC)c1occc1C. The summed E-state index contributed by atoms with van der Waals surface area (Å²) >= 11 is 0. The van der Waals surface area contributed by atoms with Gasteiger partial charge < -0.3 is 9.73 Å². The van der Waals surface area contributed by atoms with Crippen LogP contribution in [0.25, 0.3) is 0 Å². The van der Waals surface area contributed by atoms with Crippen molar-refractivity contribution in [1.82, 2.24) is 5.32 Å². The Balaban J connectivity index is 1.99. The first-order valence-electron chi connectivity index (χ1n) is 9.00. The van der Waals surface area contributed by atoms with Gasteiger partial charge in [0, 0.05) is 0 Å². The van der Waals surface area contributed by atoms with Crippen molar-refractivity contribution in [2.24, 2.45) is 0 Å². The van der Waals surface area contributed by atoms with Crippen molar-refractivity contribution in [2.75, 3.05) is 7.05 Å². The Morgan fingerprint density at radius 3 is 2.00 bits per heavy atom. The molecule has 122 valence electrons. The molecular weight excluding hydrogens is 258 g/mol. The van der Waals surface area contributed by atoms with E-state index >= 15 is 0 Å². The highest BCUT2D eigenvalue weighted by Gasteiger charge is 2.14. The molecule has 1 rings (SSSR count). The predicted molar refractivity (Wildman–Crippen MR) is 91.7 cm³/mol. The van der Waals surface area contributed by atoms with E-state index in [4.69, 9.17) is 4.42 Å². The second-order valence-electron chi connectivity index (χ2n) is 6.28. The molecule has 0 aliphatic carbocycles. The third kappa shape index (κ3) is 7.71. The van der Waals surface area contributed by atoms with Crippen molar-refractivity contribution in [3.8, 4) is 0 Å². The standard InChI is InChI=1S/C19H35NO/c1-4-5-6-7-8-9-10-11-12-13-14-18(20-3)19-17(2)15-16-21-19/h15-16,18,20H,4-14H2,1-3H3. The summed E-state index contributed by atoms with van der Waals surface area (Å²) in [6, 6.07) is 2.44. The fraction of sp³-hybridized carbons (Fsp3) is 0.789. The van der Waals surface area contributed by atoms with E-state index in [0.717, 1.165) is 5.76 Å². The van der Waals surface area contributed by atoms with E-state index in [1.54, 1.807) is 6.26 Å². The van der Waals surface area contributed by atoms with E-state index in [1.807, 2.05) is 7.05 Å². The number of hydrogen-bond acceptors (Lipinski definition) is 2. The fourth-order valence-electron chi connectivity index (χ4n) is 2.98. The molecule has 0 bridgehead atoms. The van der Waals surface area contributed by atoms with Gasteiger partial charge in [0.1, 0.15) is 5.76 Å². The maximum absolute atomic E-state index is 5.60. The van der Waals surface area contributed by atoms with Gasteiger partial charge in [-0.25, -0.2) is 0 Å². The van der Waals surface area contributed by atoms with Crippen LogP contribution in [-0.2, 0) is 0 Å². The van der Waals surface area contributed by atoms with Crippen LogP contribution < -0.4 is 5.32 Å². The summed E-state index contributed by atoms with van der Waals surface area (Å²) in [5.74, 6) is 1.12. The van der Waals surface area contributed by atoms with Gasteiger partial charge in [-0.05, 0) is 32.0 Å². The summed E-state index contributed by atoms with van der Waals surface area (Å²) < 4.78 is 5.60. The minimum Gasteiger partial charge on any atom is -0.467 e. The number of furan rings is 1. The third-order valence-electron chi connectivity index (χ3n) is 4.41. The third-order valence-corrected chi connectivity index (χ3v) is 4.41. The summed E-state index contributed by atoms with van der Waals surface area (Å²) in [5.41, 5.74) is 1.27. The van der Waals surface area contributed by atoms with Gasteiger partial charge in [-0.15, -0.1) is 0 Å². The summed E-state index contributed by atoms with van der Waals surface area (Å²) in [5, 5.41) is 3.38. The average molecular weight is 293 g/mol. The zero-order valence-electron chi connectivity index (χ0n) is 14.4. The van der Waals surface area contributed by atoms with Crippen LogP contribution in [0, 0.1) is 6.92 Å². The molecule has 2 nitrogen and oxygen atoms in total. The summed E-state index contributed by atoms with van der Waals surface area (Å²) in [6.45, 7) is 4.41. The molecular formula is C19H35NO. The van der Waals surface area contributed by atoms with Crippen LogP contribution in [-0.4, -0.2) is 7.05 Å². The van der Waals surface area contributed by atoms with Gasteiger partial charge in [-0.1, -0.05) is 71.1 Å². The summed E-state index contributed by atoms with van der Waals surface area (Å²) in [4.78, 5) is 0. The monoisotopic (exact) mass is 293 g/mol. The Morgan fingerprint density at radius 1 is 0.952 bits per heavy atom. The summed E-state index contributed by atoms with van der Waals surface area (Å²) in [7, 11) is 2.03. The van der Waals surface area contributed by atoms with Crippen LogP contribution in [0.5, 0.6) is 0 Å². The van der Waals surface area contributed by atoms with Gasteiger partial charge in [-0.3, -0.25) is 0 Å². The Bertz CT molecular complexity index is 345. The topological polar surface area (TPSA) is 25.2 Å². The van der Waals surface area contributed by atoms with E-state index < -0.39 is 0 Å². The second kappa shape index (κ2) is 11.9. The molecule has 1 unspecified atom stereocenters. The van der Waals surface area contributed by atoms with E-state index in [9.17, 15) is 0 Å². The van der Waals surface area contributed by atoms with E-state index in [1.165, 1.54) is 76.2 Å². The highest BCUT2D eigenvalue weighted by molar-refractivity contribution is 5.17. The highest BCUT2D eigenvalue weighted by atomic mass is 16.3. The van der Waals surface area contributed by atoms with E-state index in [0.29, 0.717) is 6.04 Å². The van der Waals surface area contributed by atoms with Crippen molar-refractivity contribution in [3.05, 3.63) is 23.7 Å². The number of nitrogens with one attached hydrogen (secondary N) is 1. The van der Waals surface area contributed by atoms with Crippen LogP contribution in [0.3, 0.4) is 0 Å². The van der Waals surface area contributed by atoms with Gasteiger partial charge in [-0.2, -0.15) is 0 Å². The Labute approximate surface area is 131 Å². The lowest BCUT2D eigenvalue weighted by Gasteiger charge is -2.14. The Morgan fingerprint density at radius 2 is 1.52 bits per heavy atom. The minimum absolute atomic E-state index is 0.383. The molecule has 1 heterocycles. The lowest BCUT2D eigenvalue weighted by atomic mass is 10.0. The molecule has 0 saturated carbocycles. The Kier molecular flexibility index (Phi) is 10.3. The molecule has 21 heavy (non-hydrogen) atoms. The van der Waals surface area contributed by atoms with E-state index in [2.05, 4.69) is 25.2 Å². The molecule has 0 radical (unpaired) electrons. The lowest BCUT2D eigenvalue weighted by molar-refractivity contribution is 0.399. The van der Waals surface area contributed by atoms with E-state index in [-0.39, 0.29) is 0 Å². The smallest absolute Gasteiger partial charge is 0.123 e.